The van der Waals surface area contributed by atoms with E-state index in [1.54, 1.807) is 0 Å². The minimum Gasteiger partial charge on any atom is -0.330 e. The minimum atomic E-state index is 0.812. The summed E-state index contributed by atoms with van der Waals surface area (Å²) < 4.78 is 0. The van der Waals surface area contributed by atoms with E-state index in [0.717, 1.165) is 18.4 Å². The van der Waals surface area contributed by atoms with Crippen molar-refractivity contribution in [3.05, 3.63) is 0 Å². The molecule has 0 bridgehead atoms. The Morgan fingerprint density at radius 2 is 2.15 bits per heavy atom. The lowest BCUT2D eigenvalue weighted by Gasteiger charge is -2.20. The Morgan fingerprint density at radius 3 is 2.69 bits per heavy atom. The fraction of sp³-hybridized carbons (Fsp3) is 1.00. The van der Waals surface area contributed by atoms with Crippen LogP contribution < -0.4 is 5.73 Å². The van der Waals surface area contributed by atoms with Crippen LogP contribution in [0.5, 0.6) is 0 Å². The smallest absolute Gasteiger partial charge is 0.000672 e. The van der Waals surface area contributed by atoms with Crippen LogP contribution in [0, 0.1) is 11.8 Å². The summed E-state index contributed by atoms with van der Waals surface area (Å²) >= 11 is 0. The second kappa shape index (κ2) is 5.61. The van der Waals surface area contributed by atoms with Gasteiger partial charge < -0.3 is 10.6 Å². The van der Waals surface area contributed by atoms with Crippen LogP contribution in [0.3, 0.4) is 0 Å². The Morgan fingerprint density at radius 1 is 1.46 bits per heavy atom. The molecule has 0 radical (unpaired) electrons. The Hall–Kier alpha value is -0.0800. The van der Waals surface area contributed by atoms with Crippen LogP contribution in [0.15, 0.2) is 0 Å². The van der Waals surface area contributed by atoms with Crippen LogP contribution in [0.2, 0.25) is 0 Å². The molecule has 78 valence electrons. The monoisotopic (exact) mass is 184 g/mol. The molecule has 1 unspecified atom stereocenters. The number of hydrogen-bond donors (Lipinski definition) is 1. The fourth-order valence-corrected chi connectivity index (χ4v) is 1.91. The molecule has 1 aliphatic rings. The Kier molecular flexibility index (Phi) is 4.74. The van der Waals surface area contributed by atoms with Gasteiger partial charge in [-0.25, -0.2) is 0 Å². The van der Waals surface area contributed by atoms with Crippen molar-refractivity contribution in [1.82, 2.24) is 4.90 Å². The summed E-state index contributed by atoms with van der Waals surface area (Å²) in [5.41, 5.74) is 5.48. The second-order valence-corrected chi connectivity index (χ2v) is 4.70. The highest BCUT2D eigenvalue weighted by Crippen LogP contribution is 2.29. The van der Waals surface area contributed by atoms with E-state index in [-0.39, 0.29) is 0 Å². The lowest BCUT2D eigenvalue weighted by Crippen LogP contribution is -2.26. The van der Waals surface area contributed by atoms with E-state index in [1.807, 2.05) is 0 Å². The maximum Gasteiger partial charge on any atom is 0.000672 e. The molecule has 1 rings (SSSR count). The summed E-state index contributed by atoms with van der Waals surface area (Å²) in [6, 6.07) is 0. The van der Waals surface area contributed by atoms with Gasteiger partial charge >= 0.3 is 0 Å². The third kappa shape index (κ3) is 5.27. The molecule has 0 aromatic rings. The second-order valence-electron chi connectivity index (χ2n) is 4.70. The maximum absolute atomic E-state index is 5.48. The highest BCUT2D eigenvalue weighted by molar-refractivity contribution is 4.76. The zero-order chi connectivity index (χ0) is 9.68. The topological polar surface area (TPSA) is 29.3 Å². The van der Waals surface area contributed by atoms with E-state index < -0.39 is 0 Å². The molecule has 13 heavy (non-hydrogen) atoms. The third-order valence-electron chi connectivity index (χ3n) is 2.79. The summed E-state index contributed by atoms with van der Waals surface area (Å²) in [4.78, 5) is 2.48. The average Bonchev–Trinajstić information content (AvgIpc) is 2.84. The molecular weight excluding hydrogens is 160 g/mol. The molecule has 1 aliphatic carbocycles. The molecule has 2 heteroatoms. The van der Waals surface area contributed by atoms with E-state index in [0.29, 0.717) is 0 Å². The first-order valence-corrected chi connectivity index (χ1v) is 5.61. The van der Waals surface area contributed by atoms with Gasteiger partial charge in [-0.15, -0.1) is 0 Å². The fourth-order valence-electron chi connectivity index (χ4n) is 1.91. The summed E-state index contributed by atoms with van der Waals surface area (Å²) in [6.45, 7) is 5.74. The van der Waals surface area contributed by atoms with Crippen molar-refractivity contribution in [1.29, 1.82) is 0 Å². The lowest BCUT2D eigenvalue weighted by atomic mass is 10.1. The Labute approximate surface area is 82.5 Å². The molecule has 1 fully saturated rings. The first kappa shape index (κ1) is 11.0. The predicted octanol–water partition coefficient (Wildman–Crippen LogP) is 1.70. The van der Waals surface area contributed by atoms with Gasteiger partial charge in [-0.1, -0.05) is 6.92 Å². The molecule has 1 atom stereocenters. The maximum atomic E-state index is 5.48. The van der Waals surface area contributed by atoms with Crippen LogP contribution in [0.1, 0.15) is 32.6 Å². The summed E-state index contributed by atoms with van der Waals surface area (Å²) in [6.07, 6.45) is 5.38. The van der Waals surface area contributed by atoms with E-state index in [9.17, 15) is 0 Å². The van der Waals surface area contributed by atoms with Crippen molar-refractivity contribution >= 4 is 0 Å². The van der Waals surface area contributed by atoms with Crippen molar-refractivity contribution in [3.8, 4) is 0 Å². The van der Waals surface area contributed by atoms with Crippen molar-refractivity contribution < 1.29 is 0 Å². The lowest BCUT2D eigenvalue weighted by molar-refractivity contribution is 0.267. The molecule has 1 saturated carbocycles. The molecule has 0 saturated heterocycles. The van der Waals surface area contributed by atoms with E-state index >= 15 is 0 Å². The molecule has 0 aliphatic heterocycles. The van der Waals surface area contributed by atoms with Gasteiger partial charge in [0, 0.05) is 13.1 Å². The van der Waals surface area contributed by atoms with Crippen LogP contribution in [0.4, 0.5) is 0 Å². The van der Waals surface area contributed by atoms with Gasteiger partial charge in [0.2, 0.25) is 0 Å². The number of nitrogens with two attached hydrogens (primary N) is 1. The normalized spacial score (nSPS) is 19.4. The third-order valence-corrected chi connectivity index (χ3v) is 2.79. The zero-order valence-electron chi connectivity index (χ0n) is 9.13. The van der Waals surface area contributed by atoms with Gasteiger partial charge in [-0.05, 0) is 51.1 Å². The Bertz CT molecular complexity index is 132. The van der Waals surface area contributed by atoms with Crippen LogP contribution in [-0.2, 0) is 0 Å². The van der Waals surface area contributed by atoms with Crippen LogP contribution >= 0.6 is 0 Å². The number of rotatable bonds is 7. The summed E-state index contributed by atoms with van der Waals surface area (Å²) in [5, 5.41) is 0. The highest BCUT2D eigenvalue weighted by atomic mass is 15.1. The van der Waals surface area contributed by atoms with Crippen molar-refractivity contribution in [3.63, 3.8) is 0 Å². The first-order chi connectivity index (χ1) is 6.22. The van der Waals surface area contributed by atoms with Crippen molar-refractivity contribution in [2.75, 3.05) is 26.7 Å². The molecule has 0 spiro atoms. The van der Waals surface area contributed by atoms with Crippen molar-refractivity contribution in [2.24, 2.45) is 17.6 Å². The Balaban J connectivity index is 1.99. The van der Waals surface area contributed by atoms with Gasteiger partial charge in [0.1, 0.15) is 0 Å². The van der Waals surface area contributed by atoms with Gasteiger partial charge in [0.25, 0.3) is 0 Å². The molecule has 0 heterocycles. The van der Waals surface area contributed by atoms with Crippen molar-refractivity contribution in [2.45, 2.75) is 32.6 Å². The SMILES string of the molecule is CC(CCCN)CN(C)CC1CC1. The van der Waals surface area contributed by atoms with Crippen LogP contribution in [0.25, 0.3) is 0 Å². The van der Waals surface area contributed by atoms with E-state index in [2.05, 4.69) is 18.9 Å². The van der Waals surface area contributed by atoms with Gasteiger partial charge in [-0.2, -0.15) is 0 Å². The van der Waals surface area contributed by atoms with Gasteiger partial charge in [-0.3, -0.25) is 0 Å². The molecule has 2 N–H and O–H groups in total. The van der Waals surface area contributed by atoms with E-state index in [4.69, 9.17) is 5.73 Å². The molecule has 0 amide bonds. The van der Waals surface area contributed by atoms with Gasteiger partial charge in [0.15, 0.2) is 0 Å². The van der Waals surface area contributed by atoms with E-state index in [1.165, 1.54) is 38.8 Å². The summed E-state index contributed by atoms with van der Waals surface area (Å²) in [7, 11) is 2.25. The minimum absolute atomic E-state index is 0.812. The number of nitrogens with zero attached hydrogens (tertiary/aromatic N) is 1. The predicted molar refractivity (Wildman–Crippen MR) is 57.7 cm³/mol. The molecular formula is C11H24N2. The molecule has 2 nitrogen and oxygen atoms in total. The van der Waals surface area contributed by atoms with Crippen LogP contribution in [-0.4, -0.2) is 31.6 Å². The van der Waals surface area contributed by atoms with Gasteiger partial charge in [0.05, 0.1) is 0 Å². The highest BCUT2D eigenvalue weighted by Gasteiger charge is 2.22. The quantitative estimate of drug-likeness (QED) is 0.652. The molecule has 0 aromatic carbocycles. The standard InChI is InChI=1S/C11H24N2/c1-10(4-3-7-12)8-13(2)9-11-5-6-11/h10-11H,3-9,12H2,1-2H3. The molecule has 0 aromatic heterocycles. The average molecular weight is 184 g/mol. The number of hydrogen-bond acceptors (Lipinski definition) is 2. The zero-order valence-corrected chi connectivity index (χ0v) is 9.13. The first-order valence-electron chi connectivity index (χ1n) is 5.61. The summed E-state index contributed by atoms with van der Waals surface area (Å²) in [5.74, 6) is 1.83. The largest absolute Gasteiger partial charge is 0.330 e.